The lowest BCUT2D eigenvalue weighted by Crippen LogP contribution is -2.12. The van der Waals surface area contributed by atoms with E-state index < -0.39 is 5.97 Å². The predicted octanol–water partition coefficient (Wildman–Crippen LogP) is 4.90. The zero-order valence-electron chi connectivity index (χ0n) is 16.4. The van der Waals surface area contributed by atoms with Crippen LogP contribution in [0.1, 0.15) is 63.1 Å². The van der Waals surface area contributed by atoms with E-state index in [1.807, 2.05) is 32.3 Å². The molecular formula is C21H27NO3S. The highest BCUT2D eigenvalue weighted by Gasteiger charge is 2.28. The van der Waals surface area contributed by atoms with Gasteiger partial charge in [0.2, 0.25) is 0 Å². The highest BCUT2D eigenvalue weighted by molar-refractivity contribution is 7.99. The molecule has 0 aliphatic rings. The number of aryl methyl sites for hydroxylation is 1. The van der Waals surface area contributed by atoms with E-state index in [4.69, 9.17) is 4.74 Å². The van der Waals surface area contributed by atoms with Crippen LogP contribution in [0.25, 0.3) is 0 Å². The van der Waals surface area contributed by atoms with Crippen LogP contribution in [-0.2, 0) is 10.5 Å². The number of hydrogen-bond acceptors (Lipinski definition) is 4. The fourth-order valence-electron chi connectivity index (χ4n) is 3.34. The van der Waals surface area contributed by atoms with Crippen LogP contribution in [0, 0.1) is 20.8 Å². The second-order valence-electron chi connectivity index (χ2n) is 6.78. The first kappa shape index (κ1) is 20.3. The van der Waals surface area contributed by atoms with Crippen molar-refractivity contribution in [3.8, 4) is 0 Å². The highest BCUT2D eigenvalue weighted by atomic mass is 32.2. The van der Waals surface area contributed by atoms with Crippen molar-refractivity contribution >= 4 is 23.5 Å². The van der Waals surface area contributed by atoms with Crippen LogP contribution in [0.15, 0.2) is 24.3 Å². The molecule has 26 heavy (non-hydrogen) atoms. The standard InChI is InChI=1S/C21H27NO3S/c1-13(2)22-15(4)19(20(16(22)5)21(24)25-6)18(23)12-26-11-17-9-7-14(3)8-10-17/h7-10,13H,11-12H2,1-6H3. The molecule has 5 heteroatoms. The van der Waals surface area contributed by atoms with Crippen molar-refractivity contribution in [3.05, 3.63) is 57.9 Å². The Labute approximate surface area is 159 Å². The maximum atomic E-state index is 12.9. The van der Waals surface area contributed by atoms with Gasteiger partial charge in [-0.15, -0.1) is 11.8 Å². The normalized spacial score (nSPS) is 11.0. The maximum absolute atomic E-state index is 12.9. The molecule has 0 bridgehead atoms. The van der Waals surface area contributed by atoms with E-state index in [0.29, 0.717) is 16.9 Å². The molecule has 0 spiro atoms. The quantitative estimate of drug-likeness (QED) is 0.512. The van der Waals surface area contributed by atoms with E-state index in [9.17, 15) is 9.59 Å². The summed E-state index contributed by atoms with van der Waals surface area (Å²) in [6.45, 7) is 9.91. The summed E-state index contributed by atoms with van der Waals surface area (Å²) in [6, 6.07) is 8.47. The Bertz CT molecular complexity index is 804. The van der Waals surface area contributed by atoms with Crippen LogP contribution in [0.2, 0.25) is 0 Å². The molecule has 0 amide bonds. The van der Waals surface area contributed by atoms with Crippen molar-refractivity contribution in [1.29, 1.82) is 0 Å². The molecule has 0 N–H and O–H groups in total. The number of nitrogens with zero attached hydrogens (tertiary/aromatic N) is 1. The van der Waals surface area contributed by atoms with Gasteiger partial charge in [0.25, 0.3) is 0 Å². The number of methoxy groups -OCH3 is 1. The minimum Gasteiger partial charge on any atom is -0.465 e. The molecule has 0 unspecified atom stereocenters. The number of benzene rings is 1. The Morgan fingerprint density at radius 1 is 1.04 bits per heavy atom. The Balaban J connectivity index is 2.23. The smallest absolute Gasteiger partial charge is 0.340 e. The van der Waals surface area contributed by atoms with Gasteiger partial charge in [-0.3, -0.25) is 4.79 Å². The Morgan fingerprint density at radius 3 is 2.15 bits per heavy atom. The van der Waals surface area contributed by atoms with Crippen molar-refractivity contribution in [2.75, 3.05) is 12.9 Å². The first-order valence-corrected chi connectivity index (χ1v) is 9.89. The zero-order valence-corrected chi connectivity index (χ0v) is 17.2. The highest BCUT2D eigenvalue weighted by Crippen LogP contribution is 2.28. The summed E-state index contributed by atoms with van der Waals surface area (Å²) in [6.07, 6.45) is 0. The van der Waals surface area contributed by atoms with Crippen LogP contribution < -0.4 is 0 Å². The summed E-state index contributed by atoms with van der Waals surface area (Å²) in [5, 5.41) is 0. The summed E-state index contributed by atoms with van der Waals surface area (Å²) < 4.78 is 6.96. The first-order chi connectivity index (χ1) is 12.3. The van der Waals surface area contributed by atoms with Crippen molar-refractivity contribution in [2.24, 2.45) is 0 Å². The number of Topliss-reactive ketones (excluding diaryl/α,β-unsaturated/α-hetero) is 1. The third-order valence-corrected chi connectivity index (χ3v) is 5.51. The summed E-state index contributed by atoms with van der Waals surface area (Å²) in [5.74, 6) is 0.627. The number of ketones is 1. The number of aromatic nitrogens is 1. The van der Waals surface area contributed by atoms with Crippen molar-refractivity contribution in [3.63, 3.8) is 0 Å². The molecule has 2 rings (SSSR count). The van der Waals surface area contributed by atoms with E-state index in [1.165, 1.54) is 18.2 Å². The molecule has 1 heterocycles. The minimum atomic E-state index is -0.447. The van der Waals surface area contributed by atoms with Gasteiger partial charge in [0.1, 0.15) is 0 Å². The summed E-state index contributed by atoms with van der Waals surface area (Å²) in [7, 11) is 1.35. The SMILES string of the molecule is COC(=O)c1c(C(=O)CSCc2ccc(C)cc2)c(C)n(C(C)C)c1C. The van der Waals surface area contributed by atoms with Crippen LogP contribution in [0.4, 0.5) is 0 Å². The van der Waals surface area contributed by atoms with Crippen LogP contribution in [-0.4, -0.2) is 29.2 Å². The number of rotatable bonds is 7. The van der Waals surface area contributed by atoms with E-state index in [0.717, 1.165) is 17.1 Å². The Kier molecular flexibility index (Phi) is 6.70. The third-order valence-electron chi connectivity index (χ3n) is 4.50. The number of carbonyl (C=O) groups is 2. The second-order valence-corrected chi connectivity index (χ2v) is 7.76. The average molecular weight is 374 g/mol. The van der Waals surface area contributed by atoms with Gasteiger partial charge in [0, 0.05) is 23.2 Å². The Morgan fingerprint density at radius 2 is 1.62 bits per heavy atom. The van der Waals surface area contributed by atoms with Gasteiger partial charge in [-0.25, -0.2) is 4.79 Å². The predicted molar refractivity (Wildman–Crippen MR) is 107 cm³/mol. The fourth-order valence-corrected chi connectivity index (χ4v) is 4.20. The van der Waals surface area contributed by atoms with Gasteiger partial charge in [-0.1, -0.05) is 29.8 Å². The van der Waals surface area contributed by atoms with Crippen LogP contribution >= 0.6 is 11.8 Å². The van der Waals surface area contributed by atoms with Gasteiger partial charge >= 0.3 is 5.97 Å². The molecular weight excluding hydrogens is 346 g/mol. The molecule has 0 radical (unpaired) electrons. The maximum Gasteiger partial charge on any atom is 0.340 e. The van der Waals surface area contributed by atoms with Gasteiger partial charge in [-0.05, 0) is 40.2 Å². The molecule has 4 nitrogen and oxygen atoms in total. The topological polar surface area (TPSA) is 48.3 Å². The lowest BCUT2D eigenvalue weighted by molar-refractivity contribution is 0.0596. The van der Waals surface area contributed by atoms with Gasteiger partial charge < -0.3 is 9.30 Å². The largest absolute Gasteiger partial charge is 0.465 e. The fraction of sp³-hybridized carbons (Fsp3) is 0.429. The first-order valence-electron chi connectivity index (χ1n) is 8.74. The van der Waals surface area contributed by atoms with Gasteiger partial charge in [0.15, 0.2) is 5.78 Å². The number of carbonyl (C=O) groups excluding carboxylic acids is 2. The molecule has 0 saturated carbocycles. The van der Waals surface area contributed by atoms with E-state index >= 15 is 0 Å². The van der Waals surface area contributed by atoms with Crippen LogP contribution in [0.5, 0.6) is 0 Å². The number of thioether (sulfide) groups is 1. The molecule has 140 valence electrons. The zero-order chi connectivity index (χ0) is 19.4. The van der Waals surface area contributed by atoms with Gasteiger partial charge in [-0.2, -0.15) is 0 Å². The lowest BCUT2D eigenvalue weighted by atomic mass is 10.1. The van der Waals surface area contributed by atoms with Crippen LogP contribution in [0.3, 0.4) is 0 Å². The van der Waals surface area contributed by atoms with E-state index in [1.54, 1.807) is 11.8 Å². The molecule has 0 fully saturated rings. The number of ether oxygens (including phenoxy) is 1. The molecule has 0 atom stereocenters. The molecule has 1 aromatic carbocycles. The second kappa shape index (κ2) is 8.58. The summed E-state index contributed by atoms with van der Waals surface area (Å²) in [5.41, 5.74) is 4.93. The monoisotopic (exact) mass is 373 g/mol. The molecule has 1 aromatic heterocycles. The molecule has 0 aliphatic heterocycles. The summed E-state index contributed by atoms with van der Waals surface area (Å²) in [4.78, 5) is 25.2. The van der Waals surface area contributed by atoms with Crippen molar-refractivity contribution < 1.29 is 14.3 Å². The molecule has 2 aromatic rings. The minimum absolute atomic E-state index is 0.0255. The van der Waals surface area contributed by atoms with E-state index in [2.05, 4.69) is 31.2 Å². The number of esters is 1. The molecule has 0 aliphatic carbocycles. The average Bonchev–Trinajstić information content (AvgIpc) is 2.86. The van der Waals surface area contributed by atoms with E-state index in [-0.39, 0.29) is 11.8 Å². The summed E-state index contributed by atoms with van der Waals surface area (Å²) >= 11 is 1.56. The van der Waals surface area contributed by atoms with Crippen molar-refractivity contribution in [2.45, 2.75) is 46.4 Å². The number of hydrogen-bond donors (Lipinski definition) is 0. The van der Waals surface area contributed by atoms with Crippen molar-refractivity contribution in [1.82, 2.24) is 4.57 Å². The van der Waals surface area contributed by atoms with Gasteiger partial charge in [0.05, 0.1) is 24.0 Å². The lowest BCUT2D eigenvalue weighted by Gasteiger charge is -2.13. The molecule has 0 saturated heterocycles. The Hall–Kier alpha value is -2.01. The third kappa shape index (κ3) is 4.21.